The van der Waals surface area contributed by atoms with Gasteiger partial charge in [-0.05, 0) is 49.9 Å². The summed E-state index contributed by atoms with van der Waals surface area (Å²) in [6.07, 6.45) is 4.04. The Morgan fingerprint density at radius 1 is 1.25 bits per heavy atom. The Morgan fingerprint density at radius 2 is 2.00 bits per heavy atom. The number of aromatic nitrogens is 3. The molecule has 2 unspecified atom stereocenters. The van der Waals surface area contributed by atoms with Crippen LogP contribution in [0.3, 0.4) is 0 Å². The van der Waals surface area contributed by atoms with E-state index in [4.69, 9.17) is 9.78 Å². The molecule has 3 heterocycles. The van der Waals surface area contributed by atoms with Gasteiger partial charge in [0.1, 0.15) is 0 Å². The molecule has 1 aromatic carbocycles. The molecule has 4 rings (SSSR count). The number of likely N-dealkylation sites (tertiary alicyclic amines) is 1. The maximum atomic E-state index is 12.5. The number of carbonyl (C=O) groups excluding carboxylic acids is 1. The number of amides is 1. The summed E-state index contributed by atoms with van der Waals surface area (Å²) in [4.78, 5) is 23.1. The molecular weight excluding hydrogens is 356 g/mol. The van der Waals surface area contributed by atoms with E-state index in [1.807, 2.05) is 25.2 Å². The summed E-state index contributed by atoms with van der Waals surface area (Å²) in [6.45, 7) is 0.680. The molecule has 1 aliphatic heterocycles. The van der Waals surface area contributed by atoms with Crippen molar-refractivity contribution in [2.24, 2.45) is 0 Å². The van der Waals surface area contributed by atoms with E-state index in [1.165, 1.54) is 0 Å². The molecule has 1 aliphatic rings. The van der Waals surface area contributed by atoms with Crippen LogP contribution < -0.4 is 5.32 Å². The van der Waals surface area contributed by atoms with Crippen LogP contribution in [0.1, 0.15) is 34.3 Å². The number of hydrogen-bond acceptors (Lipinski definition) is 7. The molecule has 1 fully saturated rings. The summed E-state index contributed by atoms with van der Waals surface area (Å²) in [7, 11) is 1.97. The summed E-state index contributed by atoms with van der Waals surface area (Å²) in [5.41, 5.74) is 1.90. The number of nitrogens with zero attached hydrogens (tertiary/aromatic N) is 5. The van der Waals surface area contributed by atoms with Crippen molar-refractivity contribution < 1.29 is 9.32 Å². The maximum absolute atomic E-state index is 12.5. The highest BCUT2D eigenvalue weighted by molar-refractivity contribution is 5.94. The molecule has 8 nitrogen and oxygen atoms in total. The molecule has 3 aromatic rings. The minimum atomic E-state index is -0.161. The van der Waals surface area contributed by atoms with E-state index in [9.17, 15) is 4.79 Å². The Kier molecular flexibility index (Phi) is 4.83. The van der Waals surface area contributed by atoms with E-state index in [1.54, 1.807) is 36.7 Å². The summed E-state index contributed by atoms with van der Waals surface area (Å²) in [6, 6.07) is 12.2. The maximum Gasteiger partial charge on any atom is 0.251 e. The van der Waals surface area contributed by atoms with Gasteiger partial charge in [-0.2, -0.15) is 10.2 Å². The number of nitrogens with one attached hydrogen (secondary N) is 1. The summed E-state index contributed by atoms with van der Waals surface area (Å²) in [5.74, 6) is 0.895. The van der Waals surface area contributed by atoms with Gasteiger partial charge in [0, 0.05) is 36.1 Å². The van der Waals surface area contributed by atoms with Crippen LogP contribution in [0.4, 0.5) is 0 Å². The van der Waals surface area contributed by atoms with Crippen LogP contribution in [-0.2, 0) is 0 Å². The lowest BCUT2D eigenvalue weighted by molar-refractivity contribution is 0.0938. The van der Waals surface area contributed by atoms with E-state index in [0.717, 1.165) is 5.56 Å². The van der Waals surface area contributed by atoms with Crippen molar-refractivity contribution in [3.63, 3.8) is 0 Å². The second kappa shape index (κ2) is 7.58. The molecule has 0 aliphatic carbocycles. The molecule has 1 amide bonds. The molecule has 140 valence electrons. The van der Waals surface area contributed by atoms with Gasteiger partial charge < -0.3 is 9.84 Å². The molecule has 8 heteroatoms. The normalized spacial score (nSPS) is 19.3. The first-order valence-corrected chi connectivity index (χ1v) is 8.89. The lowest BCUT2D eigenvalue weighted by atomic mass is 10.1. The average molecular weight is 374 g/mol. The quantitative estimate of drug-likeness (QED) is 0.745. The van der Waals surface area contributed by atoms with Crippen molar-refractivity contribution in [2.75, 3.05) is 13.6 Å². The van der Waals surface area contributed by atoms with Crippen LogP contribution in [0, 0.1) is 11.3 Å². The standard InChI is InChI=1S/C20H18N6O2/c1-26-12-16(23-19(27)15-4-2-13(11-21)3-5-15)10-17(26)20-24-18(25-28-20)14-6-8-22-9-7-14/h2-9,16-17H,10,12H2,1H3,(H,23,27). The third-order valence-electron chi connectivity index (χ3n) is 4.82. The van der Waals surface area contributed by atoms with Crippen LogP contribution in [0.5, 0.6) is 0 Å². The highest BCUT2D eigenvalue weighted by atomic mass is 16.5. The smallest absolute Gasteiger partial charge is 0.251 e. The fourth-order valence-corrected chi connectivity index (χ4v) is 3.35. The third kappa shape index (κ3) is 3.61. The minimum Gasteiger partial charge on any atom is -0.348 e. The number of rotatable bonds is 4. The van der Waals surface area contributed by atoms with Crippen molar-refractivity contribution in [3.8, 4) is 17.5 Å². The van der Waals surface area contributed by atoms with E-state index < -0.39 is 0 Å². The topological polar surface area (TPSA) is 108 Å². The summed E-state index contributed by atoms with van der Waals surface area (Å²) >= 11 is 0. The van der Waals surface area contributed by atoms with Crippen molar-refractivity contribution in [1.82, 2.24) is 25.3 Å². The SMILES string of the molecule is CN1CC(NC(=O)c2ccc(C#N)cc2)CC1c1nc(-c2ccncc2)no1. The van der Waals surface area contributed by atoms with Gasteiger partial charge in [-0.3, -0.25) is 14.7 Å². The molecule has 1 N–H and O–H groups in total. The number of pyridine rings is 1. The number of nitriles is 1. The van der Waals surface area contributed by atoms with Crippen LogP contribution in [-0.4, -0.2) is 45.6 Å². The number of hydrogen-bond donors (Lipinski definition) is 1. The monoisotopic (exact) mass is 374 g/mol. The number of likely N-dealkylation sites (N-methyl/N-ethyl adjacent to an activating group) is 1. The van der Waals surface area contributed by atoms with E-state index in [2.05, 4.69) is 25.3 Å². The van der Waals surface area contributed by atoms with Crippen molar-refractivity contribution in [1.29, 1.82) is 5.26 Å². The average Bonchev–Trinajstić information content (AvgIpc) is 3.35. The molecule has 0 radical (unpaired) electrons. The van der Waals surface area contributed by atoms with Gasteiger partial charge >= 0.3 is 0 Å². The first kappa shape index (κ1) is 17.8. The molecular formula is C20H18N6O2. The van der Waals surface area contributed by atoms with Crippen molar-refractivity contribution in [3.05, 3.63) is 65.8 Å². The second-order valence-corrected chi connectivity index (χ2v) is 6.74. The number of benzene rings is 1. The van der Waals surface area contributed by atoms with E-state index in [0.29, 0.717) is 35.8 Å². The third-order valence-corrected chi connectivity index (χ3v) is 4.82. The summed E-state index contributed by atoms with van der Waals surface area (Å²) in [5, 5.41) is 16.0. The Morgan fingerprint density at radius 3 is 2.71 bits per heavy atom. The second-order valence-electron chi connectivity index (χ2n) is 6.74. The van der Waals surface area contributed by atoms with E-state index in [-0.39, 0.29) is 18.0 Å². The molecule has 28 heavy (non-hydrogen) atoms. The molecule has 0 saturated carbocycles. The van der Waals surface area contributed by atoms with Crippen molar-refractivity contribution in [2.45, 2.75) is 18.5 Å². The Balaban J connectivity index is 1.42. The zero-order valence-corrected chi connectivity index (χ0v) is 15.2. The van der Waals surface area contributed by atoms with Crippen LogP contribution in [0.2, 0.25) is 0 Å². The van der Waals surface area contributed by atoms with Gasteiger partial charge in [0.05, 0.1) is 17.7 Å². The Hall–Kier alpha value is -3.57. The predicted molar refractivity (Wildman–Crippen MR) is 99.9 cm³/mol. The van der Waals surface area contributed by atoms with Crippen molar-refractivity contribution >= 4 is 5.91 Å². The first-order chi connectivity index (χ1) is 13.6. The van der Waals surface area contributed by atoms with Crippen LogP contribution >= 0.6 is 0 Å². The largest absolute Gasteiger partial charge is 0.348 e. The molecule has 0 spiro atoms. The van der Waals surface area contributed by atoms with Gasteiger partial charge in [-0.25, -0.2) is 0 Å². The zero-order valence-electron chi connectivity index (χ0n) is 15.2. The Bertz CT molecular complexity index is 1010. The highest BCUT2D eigenvalue weighted by Gasteiger charge is 2.35. The van der Waals surface area contributed by atoms with Gasteiger partial charge in [0.15, 0.2) is 0 Å². The lowest BCUT2D eigenvalue weighted by Crippen LogP contribution is -2.36. The molecule has 2 aromatic heterocycles. The number of carbonyl (C=O) groups is 1. The van der Waals surface area contributed by atoms with Crippen LogP contribution in [0.15, 0.2) is 53.3 Å². The van der Waals surface area contributed by atoms with Gasteiger partial charge in [-0.1, -0.05) is 5.16 Å². The predicted octanol–water partition coefficient (Wildman–Crippen LogP) is 2.18. The fourth-order valence-electron chi connectivity index (χ4n) is 3.35. The minimum absolute atomic E-state index is 0.0329. The van der Waals surface area contributed by atoms with Gasteiger partial charge in [-0.15, -0.1) is 0 Å². The first-order valence-electron chi connectivity index (χ1n) is 8.89. The zero-order chi connectivity index (χ0) is 19.5. The van der Waals surface area contributed by atoms with Crippen LogP contribution in [0.25, 0.3) is 11.4 Å². The molecule has 0 bridgehead atoms. The van der Waals surface area contributed by atoms with E-state index >= 15 is 0 Å². The van der Waals surface area contributed by atoms with Gasteiger partial charge in [0.2, 0.25) is 11.7 Å². The van der Waals surface area contributed by atoms with Gasteiger partial charge in [0.25, 0.3) is 5.91 Å². The molecule has 1 saturated heterocycles. The molecule has 2 atom stereocenters. The fraction of sp³-hybridized carbons (Fsp3) is 0.250. The lowest BCUT2D eigenvalue weighted by Gasteiger charge is -2.14. The summed E-state index contributed by atoms with van der Waals surface area (Å²) < 4.78 is 5.47. The Labute approximate surface area is 161 Å². The highest BCUT2D eigenvalue weighted by Crippen LogP contribution is 2.31.